The molecule has 3 nitrogen and oxygen atoms in total. The first-order valence-corrected chi connectivity index (χ1v) is 12.1. The minimum atomic E-state index is 0.241. The fourth-order valence-electron chi connectivity index (χ4n) is 5.33. The highest BCUT2D eigenvalue weighted by Gasteiger charge is 2.37. The Bertz CT molecular complexity index is 894. The van der Waals surface area contributed by atoms with E-state index in [0.29, 0.717) is 6.61 Å². The van der Waals surface area contributed by atoms with Crippen molar-refractivity contribution in [3.05, 3.63) is 53.6 Å². The second-order valence-electron chi connectivity index (χ2n) is 10.8. The molecule has 4 rings (SSSR count). The Labute approximate surface area is 189 Å². The van der Waals surface area contributed by atoms with Crippen LogP contribution < -0.4 is 4.90 Å². The van der Waals surface area contributed by atoms with E-state index in [1.165, 1.54) is 40.8 Å². The zero-order valence-corrected chi connectivity index (χ0v) is 20.0. The number of aliphatic hydroxyl groups excluding tert-OH is 1. The number of nitrogens with zero attached hydrogens (tertiary/aromatic N) is 2. The molecule has 31 heavy (non-hydrogen) atoms. The van der Waals surface area contributed by atoms with Gasteiger partial charge >= 0.3 is 0 Å². The van der Waals surface area contributed by atoms with E-state index in [1.54, 1.807) is 0 Å². The van der Waals surface area contributed by atoms with Crippen molar-refractivity contribution in [3.63, 3.8) is 0 Å². The molecule has 2 aromatic rings. The zero-order valence-electron chi connectivity index (χ0n) is 20.0. The molecular weight excluding hydrogens is 380 g/mol. The molecule has 3 heteroatoms. The number of piperazine rings is 1. The quantitative estimate of drug-likeness (QED) is 0.617. The molecule has 1 N–H and O–H groups in total. The molecular formula is C28H40N2O. The molecule has 0 amide bonds. The maximum absolute atomic E-state index is 9.00. The monoisotopic (exact) mass is 420 g/mol. The van der Waals surface area contributed by atoms with E-state index in [1.807, 2.05) is 0 Å². The molecule has 1 saturated heterocycles. The van der Waals surface area contributed by atoms with Gasteiger partial charge < -0.3 is 10.0 Å². The predicted octanol–water partition coefficient (Wildman–Crippen LogP) is 5.60. The molecule has 1 fully saturated rings. The van der Waals surface area contributed by atoms with E-state index in [2.05, 4.69) is 80.0 Å². The SMILES string of the molecule is CC1(C)CCC(C)(C)c2cc(-c3cccc(N4CCN(CCCCO)CC4)c3)ccc21. The third kappa shape index (κ3) is 4.83. The van der Waals surface area contributed by atoms with E-state index >= 15 is 0 Å². The number of fused-ring (bicyclic) bond motifs is 1. The summed E-state index contributed by atoms with van der Waals surface area (Å²) < 4.78 is 0. The van der Waals surface area contributed by atoms with E-state index < -0.39 is 0 Å². The van der Waals surface area contributed by atoms with Gasteiger partial charge in [0.15, 0.2) is 0 Å². The van der Waals surface area contributed by atoms with Gasteiger partial charge in [0.05, 0.1) is 0 Å². The number of benzene rings is 2. The van der Waals surface area contributed by atoms with Crippen molar-refractivity contribution in [1.82, 2.24) is 4.90 Å². The Morgan fingerprint density at radius 2 is 1.45 bits per heavy atom. The average Bonchev–Trinajstić information content (AvgIpc) is 2.78. The lowest BCUT2D eigenvalue weighted by Gasteiger charge is -2.42. The van der Waals surface area contributed by atoms with Gasteiger partial charge in [0.2, 0.25) is 0 Å². The number of rotatable bonds is 6. The summed E-state index contributed by atoms with van der Waals surface area (Å²) in [4.78, 5) is 5.06. The molecule has 0 radical (unpaired) electrons. The van der Waals surface area contributed by atoms with Crippen LogP contribution in [-0.4, -0.2) is 49.3 Å². The average molecular weight is 421 g/mol. The number of anilines is 1. The Morgan fingerprint density at radius 1 is 0.774 bits per heavy atom. The fraction of sp³-hybridized carbons (Fsp3) is 0.571. The van der Waals surface area contributed by atoms with Crippen molar-refractivity contribution in [2.45, 2.75) is 64.2 Å². The van der Waals surface area contributed by atoms with Crippen LogP contribution in [-0.2, 0) is 10.8 Å². The van der Waals surface area contributed by atoms with Gasteiger partial charge in [-0.1, -0.05) is 58.0 Å². The van der Waals surface area contributed by atoms with Gasteiger partial charge in [-0.15, -0.1) is 0 Å². The molecule has 2 aromatic carbocycles. The van der Waals surface area contributed by atoms with Crippen molar-refractivity contribution < 1.29 is 5.11 Å². The Kier molecular flexibility index (Phi) is 6.46. The van der Waals surface area contributed by atoms with Gasteiger partial charge in [-0.05, 0) is 77.4 Å². The van der Waals surface area contributed by atoms with E-state index in [9.17, 15) is 0 Å². The summed E-state index contributed by atoms with van der Waals surface area (Å²) in [5.74, 6) is 0. The molecule has 0 unspecified atom stereocenters. The third-order valence-electron chi connectivity index (χ3n) is 7.65. The van der Waals surface area contributed by atoms with E-state index in [-0.39, 0.29) is 10.8 Å². The van der Waals surface area contributed by atoms with Crippen LogP contribution in [0.15, 0.2) is 42.5 Å². The minimum absolute atomic E-state index is 0.241. The molecule has 1 aliphatic carbocycles. The first-order chi connectivity index (χ1) is 14.8. The molecule has 2 aliphatic rings. The van der Waals surface area contributed by atoms with Crippen molar-refractivity contribution in [2.24, 2.45) is 0 Å². The Hall–Kier alpha value is -1.84. The molecule has 168 valence electrons. The van der Waals surface area contributed by atoms with Crippen molar-refractivity contribution in [1.29, 1.82) is 0 Å². The van der Waals surface area contributed by atoms with E-state index in [4.69, 9.17) is 5.11 Å². The van der Waals surface area contributed by atoms with Crippen LogP contribution in [0.25, 0.3) is 11.1 Å². The normalized spacial score (nSPS) is 20.5. The summed E-state index contributed by atoms with van der Waals surface area (Å²) in [6.45, 7) is 15.4. The summed E-state index contributed by atoms with van der Waals surface area (Å²) >= 11 is 0. The largest absolute Gasteiger partial charge is 0.396 e. The number of hydrogen-bond acceptors (Lipinski definition) is 3. The molecule has 0 aromatic heterocycles. The van der Waals surface area contributed by atoms with Gasteiger partial charge in [0.25, 0.3) is 0 Å². The van der Waals surface area contributed by atoms with Gasteiger partial charge in [0, 0.05) is 38.5 Å². The first kappa shape index (κ1) is 22.4. The molecule has 1 heterocycles. The van der Waals surface area contributed by atoms with Crippen LogP contribution in [0.1, 0.15) is 64.5 Å². The van der Waals surface area contributed by atoms with Crippen LogP contribution in [0, 0.1) is 0 Å². The smallest absolute Gasteiger partial charge is 0.0431 e. The highest BCUT2D eigenvalue weighted by molar-refractivity contribution is 5.70. The summed E-state index contributed by atoms with van der Waals surface area (Å²) in [6, 6.07) is 16.3. The Morgan fingerprint density at radius 3 is 2.16 bits per heavy atom. The Balaban J connectivity index is 1.52. The number of aliphatic hydroxyl groups is 1. The van der Waals surface area contributed by atoms with Gasteiger partial charge in [-0.2, -0.15) is 0 Å². The van der Waals surface area contributed by atoms with Crippen molar-refractivity contribution >= 4 is 5.69 Å². The summed E-state index contributed by atoms with van der Waals surface area (Å²) in [7, 11) is 0. The summed E-state index contributed by atoms with van der Waals surface area (Å²) in [5, 5.41) is 9.00. The van der Waals surface area contributed by atoms with Gasteiger partial charge in [0.1, 0.15) is 0 Å². The van der Waals surface area contributed by atoms with Crippen molar-refractivity contribution in [2.75, 3.05) is 44.2 Å². The van der Waals surface area contributed by atoms with Crippen LogP contribution >= 0.6 is 0 Å². The lowest BCUT2D eigenvalue weighted by Crippen LogP contribution is -2.46. The zero-order chi connectivity index (χ0) is 22.1. The molecule has 0 atom stereocenters. The molecule has 0 bridgehead atoms. The van der Waals surface area contributed by atoms with Crippen molar-refractivity contribution in [3.8, 4) is 11.1 Å². The van der Waals surface area contributed by atoms with Crippen LogP contribution in [0.4, 0.5) is 5.69 Å². The maximum Gasteiger partial charge on any atom is 0.0431 e. The standard InChI is InChI=1S/C28H40N2O/c1-27(2)12-13-28(3,4)26-21-23(10-11-25(26)27)22-8-7-9-24(20-22)30-17-15-29(16-18-30)14-5-6-19-31/h7-11,20-21,31H,5-6,12-19H2,1-4H3. The molecule has 1 aliphatic heterocycles. The highest BCUT2D eigenvalue weighted by Crippen LogP contribution is 2.46. The summed E-state index contributed by atoms with van der Waals surface area (Å²) in [6.07, 6.45) is 4.52. The number of hydrogen-bond donors (Lipinski definition) is 1. The topological polar surface area (TPSA) is 26.7 Å². The second-order valence-corrected chi connectivity index (χ2v) is 10.8. The fourth-order valence-corrected chi connectivity index (χ4v) is 5.33. The van der Waals surface area contributed by atoms with Gasteiger partial charge in [-0.3, -0.25) is 4.90 Å². The third-order valence-corrected chi connectivity index (χ3v) is 7.65. The first-order valence-electron chi connectivity index (χ1n) is 12.1. The molecule has 0 saturated carbocycles. The lowest BCUT2D eigenvalue weighted by atomic mass is 9.63. The van der Waals surface area contributed by atoms with Gasteiger partial charge in [-0.25, -0.2) is 0 Å². The highest BCUT2D eigenvalue weighted by atomic mass is 16.2. The number of unbranched alkanes of at least 4 members (excludes halogenated alkanes) is 1. The second kappa shape index (κ2) is 8.96. The lowest BCUT2D eigenvalue weighted by molar-refractivity contribution is 0.232. The van der Waals surface area contributed by atoms with Crippen LogP contribution in [0.3, 0.4) is 0 Å². The van der Waals surface area contributed by atoms with Crippen LogP contribution in [0.2, 0.25) is 0 Å². The summed E-state index contributed by atoms with van der Waals surface area (Å²) in [5.41, 5.74) is 7.57. The van der Waals surface area contributed by atoms with Crippen LogP contribution in [0.5, 0.6) is 0 Å². The predicted molar refractivity (Wildman–Crippen MR) is 132 cm³/mol. The van der Waals surface area contributed by atoms with E-state index in [0.717, 1.165) is 45.6 Å². The molecule has 0 spiro atoms. The minimum Gasteiger partial charge on any atom is -0.396 e. The maximum atomic E-state index is 9.00.